The summed E-state index contributed by atoms with van der Waals surface area (Å²) in [5.41, 5.74) is 8.09. The number of nitrogens with zero attached hydrogens (tertiary/aromatic N) is 1. The Labute approximate surface area is 124 Å². The van der Waals surface area contributed by atoms with Gasteiger partial charge in [0.2, 0.25) is 0 Å². The quantitative estimate of drug-likeness (QED) is 0.341. The number of ether oxygens (including phenoxy) is 1. The maximum atomic E-state index is 11.5. The van der Waals surface area contributed by atoms with Gasteiger partial charge in [0, 0.05) is 25.0 Å². The van der Waals surface area contributed by atoms with E-state index < -0.39 is 5.97 Å². The molecule has 0 spiro atoms. The highest BCUT2D eigenvalue weighted by molar-refractivity contribution is 6.09. The summed E-state index contributed by atoms with van der Waals surface area (Å²) in [6, 6.07) is 9.01. The molecule has 1 unspecified atom stereocenters. The summed E-state index contributed by atoms with van der Waals surface area (Å²) in [5.74, 6) is -0.448. The Balaban J connectivity index is 1.86. The third-order valence-electron chi connectivity index (χ3n) is 3.19. The van der Waals surface area contributed by atoms with Gasteiger partial charge in [-0.3, -0.25) is 4.99 Å². The summed E-state index contributed by atoms with van der Waals surface area (Å²) in [6.07, 6.45) is 3.75. The summed E-state index contributed by atoms with van der Waals surface area (Å²) in [7, 11) is 0. The second kappa shape index (κ2) is 7.59. The van der Waals surface area contributed by atoms with Crippen LogP contribution in [0.1, 0.15) is 18.1 Å². The second-order valence-corrected chi connectivity index (χ2v) is 4.94. The predicted molar refractivity (Wildman–Crippen MR) is 83.0 cm³/mol. The van der Waals surface area contributed by atoms with Gasteiger partial charge in [-0.15, -0.1) is 0 Å². The first-order valence-corrected chi connectivity index (χ1v) is 7.13. The number of carbonyl (C=O) groups excluding carboxylic acids is 1. The van der Waals surface area contributed by atoms with Gasteiger partial charge in [0.25, 0.3) is 0 Å². The normalized spacial score (nSPS) is 18.0. The topological polar surface area (TPSA) is 86.6 Å². The number of carbonyl (C=O) groups is 1. The molecule has 1 fully saturated rings. The molecule has 1 aliphatic rings. The van der Waals surface area contributed by atoms with Crippen LogP contribution in [0.2, 0.25) is 0 Å². The molecule has 5 heteroatoms. The molecule has 3 N–H and O–H groups in total. The van der Waals surface area contributed by atoms with E-state index in [4.69, 9.17) is 10.5 Å². The molecule has 0 bridgehead atoms. The van der Waals surface area contributed by atoms with Gasteiger partial charge in [-0.05, 0) is 24.5 Å². The van der Waals surface area contributed by atoms with Crippen molar-refractivity contribution in [3.8, 4) is 0 Å². The van der Waals surface area contributed by atoms with Gasteiger partial charge < -0.3 is 15.8 Å². The molecule has 0 aromatic heterocycles. The predicted octanol–water partition coefficient (Wildman–Crippen LogP) is 1.18. The van der Waals surface area contributed by atoms with Crippen molar-refractivity contribution in [3.05, 3.63) is 47.2 Å². The molecule has 112 valence electrons. The molecule has 1 atom stereocenters. The van der Waals surface area contributed by atoms with E-state index in [0.29, 0.717) is 19.2 Å². The lowest BCUT2D eigenvalue weighted by Gasteiger charge is -2.02. The highest BCUT2D eigenvalue weighted by Gasteiger charge is 2.19. The number of rotatable bonds is 7. The summed E-state index contributed by atoms with van der Waals surface area (Å²) in [4.78, 5) is 15.7. The summed E-state index contributed by atoms with van der Waals surface area (Å²) >= 11 is 0. The molecule has 1 saturated heterocycles. The first-order chi connectivity index (χ1) is 10.2. The lowest BCUT2D eigenvalue weighted by molar-refractivity contribution is -0.137. The van der Waals surface area contributed by atoms with Crippen molar-refractivity contribution in [2.45, 2.75) is 25.9 Å². The molecule has 21 heavy (non-hydrogen) atoms. The van der Waals surface area contributed by atoms with Gasteiger partial charge >= 0.3 is 5.97 Å². The fraction of sp³-hybridized carbons (Fsp3) is 0.375. The van der Waals surface area contributed by atoms with Crippen LogP contribution in [0.3, 0.4) is 0 Å². The number of esters is 1. The van der Waals surface area contributed by atoms with E-state index in [9.17, 15) is 4.79 Å². The Bertz CT molecular complexity index is 531. The second-order valence-electron chi connectivity index (χ2n) is 4.94. The van der Waals surface area contributed by atoms with E-state index in [1.54, 1.807) is 6.92 Å². The zero-order valence-electron chi connectivity index (χ0n) is 12.2. The van der Waals surface area contributed by atoms with Crippen LogP contribution in [0, 0.1) is 0 Å². The minimum Gasteiger partial charge on any atom is -0.462 e. The number of aliphatic imine (C=N–C) groups is 1. The van der Waals surface area contributed by atoms with E-state index in [-0.39, 0.29) is 5.57 Å². The van der Waals surface area contributed by atoms with E-state index >= 15 is 0 Å². The summed E-state index contributed by atoms with van der Waals surface area (Å²) < 4.78 is 4.87. The van der Waals surface area contributed by atoms with E-state index in [1.807, 2.05) is 0 Å². The van der Waals surface area contributed by atoms with E-state index in [2.05, 4.69) is 34.6 Å². The standard InChI is InChI=1S/C16H21N3O2/c1-2-21-16(20)14(8-17)10-18-9-13-5-3-12(4-6-13)7-15-11-19-15/h3-6,8,10,15,19H,2,7,9,11,17H2,1H3/b14-8+,18-10?. The maximum absolute atomic E-state index is 11.5. The van der Waals surface area contributed by atoms with Gasteiger partial charge in [-0.2, -0.15) is 0 Å². The first kappa shape index (κ1) is 15.3. The summed E-state index contributed by atoms with van der Waals surface area (Å²) in [6.45, 7) is 3.70. The summed E-state index contributed by atoms with van der Waals surface area (Å²) in [5, 5.41) is 3.29. The van der Waals surface area contributed by atoms with Crippen LogP contribution in [0.25, 0.3) is 0 Å². The van der Waals surface area contributed by atoms with Gasteiger partial charge in [0.1, 0.15) is 0 Å². The first-order valence-electron chi connectivity index (χ1n) is 7.13. The smallest absolute Gasteiger partial charge is 0.341 e. The SMILES string of the molecule is CCOC(=O)/C(C=NCc1ccc(CC2CN2)cc1)=C/N. The third-order valence-corrected chi connectivity index (χ3v) is 3.19. The largest absolute Gasteiger partial charge is 0.462 e. The minimum atomic E-state index is -0.448. The van der Waals surface area contributed by atoms with Crippen molar-refractivity contribution in [2.75, 3.05) is 13.2 Å². The molecule has 2 rings (SSSR count). The van der Waals surface area contributed by atoms with Crippen molar-refractivity contribution < 1.29 is 9.53 Å². The molecule has 1 aromatic carbocycles. The van der Waals surface area contributed by atoms with Gasteiger partial charge in [-0.25, -0.2) is 4.79 Å². The molecule has 0 radical (unpaired) electrons. The minimum absolute atomic E-state index is 0.272. The van der Waals surface area contributed by atoms with Crippen molar-refractivity contribution in [2.24, 2.45) is 10.7 Å². The van der Waals surface area contributed by atoms with Crippen LogP contribution in [0.4, 0.5) is 0 Å². The van der Waals surface area contributed by atoms with Crippen LogP contribution in [0.15, 0.2) is 41.0 Å². The highest BCUT2D eigenvalue weighted by atomic mass is 16.5. The molecular weight excluding hydrogens is 266 g/mol. The number of hydrogen-bond donors (Lipinski definition) is 2. The van der Waals surface area contributed by atoms with Crippen LogP contribution >= 0.6 is 0 Å². The lowest BCUT2D eigenvalue weighted by Crippen LogP contribution is -2.10. The van der Waals surface area contributed by atoms with Crippen LogP contribution in [-0.4, -0.2) is 31.4 Å². The van der Waals surface area contributed by atoms with Gasteiger partial charge in [0.15, 0.2) is 0 Å². The fourth-order valence-corrected chi connectivity index (χ4v) is 1.92. The highest BCUT2D eigenvalue weighted by Crippen LogP contribution is 2.11. The van der Waals surface area contributed by atoms with E-state index in [0.717, 1.165) is 18.5 Å². The average Bonchev–Trinajstić information content (AvgIpc) is 3.29. The Morgan fingerprint density at radius 1 is 1.43 bits per heavy atom. The fourth-order valence-electron chi connectivity index (χ4n) is 1.92. The maximum Gasteiger partial charge on any atom is 0.341 e. The third kappa shape index (κ3) is 5.04. The molecule has 0 aliphatic carbocycles. The number of benzene rings is 1. The Morgan fingerprint density at radius 3 is 2.67 bits per heavy atom. The lowest BCUT2D eigenvalue weighted by atomic mass is 10.1. The molecule has 5 nitrogen and oxygen atoms in total. The zero-order valence-corrected chi connectivity index (χ0v) is 12.2. The Kier molecular flexibility index (Phi) is 5.51. The van der Waals surface area contributed by atoms with Crippen molar-refractivity contribution >= 4 is 12.2 Å². The molecule has 1 aromatic rings. The molecule has 0 saturated carbocycles. The Hall–Kier alpha value is -2.14. The molecule has 0 amide bonds. The van der Waals surface area contributed by atoms with Crippen molar-refractivity contribution in [3.63, 3.8) is 0 Å². The van der Waals surface area contributed by atoms with Gasteiger partial charge in [0.05, 0.1) is 18.7 Å². The Morgan fingerprint density at radius 2 is 2.10 bits per heavy atom. The van der Waals surface area contributed by atoms with Crippen molar-refractivity contribution in [1.82, 2.24) is 5.32 Å². The van der Waals surface area contributed by atoms with Crippen LogP contribution in [-0.2, 0) is 22.5 Å². The molecule has 1 heterocycles. The van der Waals surface area contributed by atoms with Crippen LogP contribution in [0.5, 0.6) is 0 Å². The molecule has 1 aliphatic heterocycles. The van der Waals surface area contributed by atoms with Gasteiger partial charge in [-0.1, -0.05) is 24.3 Å². The van der Waals surface area contributed by atoms with Crippen LogP contribution < -0.4 is 11.1 Å². The monoisotopic (exact) mass is 287 g/mol. The van der Waals surface area contributed by atoms with Crippen molar-refractivity contribution in [1.29, 1.82) is 0 Å². The average molecular weight is 287 g/mol. The number of nitrogens with one attached hydrogen (secondary N) is 1. The van der Waals surface area contributed by atoms with E-state index in [1.165, 1.54) is 18.0 Å². The molecular formula is C16H21N3O2. The zero-order chi connectivity index (χ0) is 15.1. The number of nitrogens with two attached hydrogens (primary N) is 1. The number of hydrogen-bond acceptors (Lipinski definition) is 5.